The molecule has 1 unspecified atom stereocenters. The molecule has 0 saturated carbocycles. The topological polar surface area (TPSA) is 116 Å². The Morgan fingerprint density at radius 1 is 1.33 bits per heavy atom. The van der Waals surface area contributed by atoms with Gasteiger partial charge in [-0.25, -0.2) is 23.7 Å². The van der Waals surface area contributed by atoms with Gasteiger partial charge in [0.2, 0.25) is 0 Å². The van der Waals surface area contributed by atoms with E-state index in [0.29, 0.717) is 17.9 Å². The van der Waals surface area contributed by atoms with Crippen molar-refractivity contribution in [2.75, 3.05) is 6.61 Å². The number of halogens is 2. The Kier molecular flexibility index (Phi) is 4.67. The predicted octanol–water partition coefficient (Wildman–Crippen LogP) is 1.37. The molecular weight excluding hydrogens is 396 g/mol. The predicted molar refractivity (Wildman–Crippen MR) is 100 cm³/mol. The summed E-state index contributed by atoms with van der Waals surface area (Å²) in [5.41, 5.74) is 3.91. The molecule has 8 nitrogen and oxygen atoms in total. The van der Waals surface area contributed by atoms with E-state index in [4.69, 9.17) is 10.5 Å². The van der Waals surface area contributed by atoms with Gasteiger partial charge >= 0.3 is 0 Å². The van der Waals surface area contributed by atoms with Crippen molar-refractivity contribution < 1.29 is 23.4 Å². The second-order valence-electron chi connectivity index (χ2n) is 6.73. The first-order chi connectivity index (χ1) is 14.2. The Labute approximate surface area is 169 Å². The second kappa shape index (κ2) is 7.20. The van der Waals surface area contributed by atoms with Crippen LogP contribution in [0.3, 0.4) is 0 Å². The van der Waals surface area contributed by atoms with Crippen molar-refractivity contribution in [1.29, 1.82) is 0 Å². The van der Waals surface area contributed by atoms with Crippen LogP contribution in [0.1, 0.15) is 28.8 Å². The van der Waals surface area contributed by atoms with Gasteiger partial charge in [-0.1, -0.05) is 11.8 Å². The maximum absolute atomic E-state index is 14.6. The first-order valence-electron chi connectivity index (χ1n) is 8.82. The minimum absolute atomic E-state index is 0.0446. The normalized spacial score (nSPS) is 14.3. The monoisotopic (exact) mass is 411 g/mol. The lowest BCUT2D eigenvalue weighted by Crippen LogP contribution is -2.22. The molecular formula is C20H15F2N5O3. The minimum atomic E-state index is -1.85. The number of nitrogens with two attached hydrogens (primary N) is 1. The van der Waals surface area contributed by atoms with E-state index in [1.54, 1.807) is 4.57 Å². The van der Waals surface area contributed by atoms with Crippen LogP contribution < -0.4 is 10.5 Å². The minimum Gasteiger partial charge on any atom is -0.491 e. The lowest BCUT2D eigenvalue weighted by molar-refractivity contribution is 0.0995. The maximum atomic E-state index is 14.6. The lowest BCUT2D eigenvalue weighted by Gasteiger charge is -2.14. The van der Waals surface area contributed by atoms with Gasteiger partial charge in [-0.05, 0) is 13.0 Å². The SMILES string of the molecule is CC(O)(C#Cc1cc2c(cc1F)OCCn1cc(C(N)=O)nc1-2)c1ncc(F)cn1. The van der Waals surface area contributed by atoms with E-state index >= 15 is 0 Å². The third kappa shape index (κ3) is 3.58. The average Bonchev–Trinajstić information content (AvgIpc) is 3.05. The fraction of sp³-hybridized carbons (Fsp3) is 0.200. The number of ether oxygens (including phenoxy) is 1. The number of hydrogen-bond acceptors (Lipinski definition) is 6. The molecule has 1 aliphatic rings. The summed E-state index contributed by atoms with van der Waals surface area (Å²) in [6, 6.07) is 2.57. The van der Waals surface area contributed by atoms with E-state index in [9.17, 15) is 18.7 Å². The average molecular weight is 411 g/mol. The van der Waals surface area contributed by atoms with E-state index in [2.05, 4.69) is 26.8 Å². The molecule has 4 rings (SSSR count). The Morgan fingerprint density at radius 3 is 2.77 bits per heavy atom. The Balaban J connectivity index is 1.77. The number of carbonyl (C=O) groups is 1. The van der Waals surface area contributed by atoms with Crippen LogP contribution in [-0.4, -0.2) is 37.1 Å². The number of primary amides is 1. The first kappa shape index (κ1) is 19.5. The molecule has 2 aromatic heterocycles. The van der Waals surface area contributed by atoms with E-state index < -0.39 is 23.1 Å². The highest BCUT2D eigenvalue weighted by atomic mass is 19.1. The molecule has 0 bridgehead atoms. The van der Waals surface area contributed by atoms with Crippen LogP contribution in [0.25, 0.3) is 11.4 Å². The van der Waals surface area contributed by atoms with Crippen LogP contribution in [0.5, 0.6) is 5.75 Å². The van der Waals surface area contributed by atoms with Gasteiger partial charge in [0.25, 0.3) is 5.91 Å². The maximum Gasteiger partial charge on any atom is 0.268 e. The fourth-order valence-electron chi connectivity index (χ4n) is 2.93. The highest BCUT2D eigenvalue weighted by Gasteiger charge is 2.25. The lowest BCUT2D eigenvalue weighted by atomic mass is 10.0. The molecule has 10 heteroatoms. The van der Waals surface area contributed by atoms with Crippen molar-refractivity contribution in [2.45, 2.75) is 19.1 Å². The number of benzene rings is 1. The number of aromatic nitrogens is 4. The standard InChI is InChI=1S/C20H15F2N5O3/c1-20(29,19-24-8-12(21)9-25-19)3-2-11-6-13-16(7-14(11)22)30-5-4-27-10-15(17(23)28)26-18(13)27/h6-10,29H,4-5H2,1H3,(H2,23,28). The van der Waals surface area contributed by atoms with Crippen LogP contribution in [0.15, 0.2) is 30.7 Å². The van der Waals surface area contributed by atoms with Gasteiger partial charge in [-0.2, -0.15) is 0 Å². The molecule has 3 heterocycles. The molecule has 152 valence electrons. The number of fused-ring (bicyclic) bond motifs is 3. The van der Waals surface area contributed by atoms with E-state index in [0.717, 1.165) is 18.5 Å². The Morgan fingerprint density at radius 2 is 2.07 bits per heavy atom. The first-order valence-corrected chi connectivity index (χ1v) is 8.82. The summed E-state index contributed by atoms with van der Waals surface area (Å²) < 4.78 is 34.9. The van der Waals surface area contributed by atoms with Crippen molar-refractivity contribution >= 4 is 5.91 Å². The zero-order valence-corrected chi connectivity index (χ0v) is 15.7. The molecule has 0 fully saturated rings. The molecule has 3 N–H and O–H groups in total. The smallest absolute Gasteiger partial charge is 0.268 e. The van der Waals surface area contributed by atoms with Gasteiger partial charge < -0.3 is 20.1 Å². The molecule has 1 aromatic carbocycles. The molecule has 0 aliphatic carbocycles. The van der Waals surface area contributed by atoms with Crippen molar-refractivity contribution in [3.05, 3.63) is 59.4 Å². The number of hydrogen-bond donors (Lipinski definition) is 2. The van der Waals surface area contributed by atoms with Crippen LogP contribution >= 0.6 is 0 Å². The van der Waals surface area contributed by atoms with Crippen LogP contribution in [0, 0.1) is 23.5 Å². The van der Waals surface area contributed by atoms with Crippen molar-refractivity contribution in [3.8, 4) is 29.0 Å². The number of rotatable bonds is 2. The van der Waals surface area contributed by atoms with Crippen molar-refractivity contribution in [2.24, 2.45) is 5.73 Å². The van der Waals surface area contributed by atoms with Gasteiger partial charge in [-0.3, -0.25) is 4.79 Å². The van der Waals surface area contributed by atoms with E-state index in [1.807, 2.05) is 0 Å². The number of carbonyl (C=O) groups excluding carboxylic acids is 1. The zero-order chi connectivity index (χ0) is 21.5. The van der Waals surface area contributed by atoms with Gasteiger partial charge in [0.15, 0.2) is 17.2 Å². The largest absolute Gasteiger partial charge is 0.491 e. The van der Waals surface area contributed by atoms with Crippen LogP contribution in [0.2, 0.25) is 0 Å². The highest BCUT2D eigenvalue weighted by molar-refractivity contribution is 5.91. The zero-order valence-electron chi connectivity index (χ0n) is 15.7. The molecule has 1 atom stereocenters. The summed E-state index contributed by atoms with van der Waals surface area (Å²) in [6.45, 7) is 1.95. The summed E-state index contributed by atoms with van der Waals surface area (Å²) in [5.74, 6) is 3.54. The van der Waals surface area contributed by atoms with Crippen LogP contribution in [-0.2, 0) is 12.1 Å². The molecule has 0 saturated heterocycles. The quantitative estimate of drug-likeness (QED) is 0.616. The Hall–Kier alpha value is -3.84. The van der Waals surface area contributed by atoms with Crippen molar-refractivity contribution in [1.82, 2.24) is 19.5 Å². The molecule has 1 aliphatic heterocycles. The number of amides is 1. The van der Waals surface area contributed by atoms with E-state index in [-0.39, 0.29) is 29.4 Å². The summed E-state index contributed by atoms with van der Waals surface area (Å²) in [7, 11) is 0. The Bertz CT molecular complexity index is 1210. The molecule has 0 spiro atoms. The summed E-state index contributed by atoms with van der Waals surface area (Å²) >= 11 is 0. The summed E-state index contributed by atoms with van der Waals surface area (Å²) in [5, 5.41) is 10.5. The fourth-order valence-corrected chi connectivity index (χ4v) is 2.93. The molecule has 30 heavy (non-hydrogen) atoms. The molecule has 1 amide bonds. The number of nitrogens with zero attached hydrogens (tertiary/aromatic N) is 4. The van der Waals surface area contributed by atoms with Crippen LogP contribution in [0.4, 0.5) is 8.78 Å². The number of aliphatic hydroxyl groups is 1. The summed E-state index contributed by atoms with van der Waals surface area (Å²) in [4.78, 5) is 23.1. The molecule has 0 radical (unpaired) electrons. The van der Waals surface area contributed by atoms with Gasteiger partial charge in [0, 0.05) is 12.3 Å². The van der Waals surface area contributed by atoms with Gasteiger partial charge in [-0.15, -0.1) is 0 Å². The third-order valence-electron chi connectivity index (χ3n) is 4.43. The third-order valence-corrected chi connectivity index (χ3v) is 4.43. The van der Waals surface area contributed by atoms with E-state index in [1.165, 1.54) is 19.2 Å². The van der Waals surface area contributed by atoms with Gasteiger partial charge in [0.1, 0.15) is 29.7 Å². The van der Waals surface area contributed by atoms with Gasteiger partial charge in [0.05, 0.1) is 30.1 Å². The second-order valence-corrected chi connectivity index (χ2v) is 6.73. The highest BCUT2D eigenvalue weighted by Crippen LogP contribution is 2.34. The van der Waals surface area contributed by atoms with Crippen molar-refractivity contribution in [3.63, 3.8) is 0 Å². The molecule has 3 aromatic rings. The summed E-state index contributed by atoms with van der Waals surface area (Å²) in [6.07, 6.45) is 3.30. The number of imidazole rings is 1.